The minimum Gasteiger partial charge on any atom is -0.335 e. The Morgan fingerprint density at radius 2 is 0.629 bits per heavy atom. The lowest BCUT2D eigenvalue weighted by Crippen LogP contribution is -2.29. The number of benzene rings is 4. The smallest absolute Gasteiger partial charge is 0.224 e. The van der Waals surface area contributed by atoms with Crippen LogP contribution in [0.2, 0.25) is 0 Å². The van der Waals surface area contributed by atoms with E-state index >= 15 is 0 Å². The molecule has 2 amide bonds. The van der Waals surface area contributed by atoms with Gasteiger partial charge in [0.25, 0.3) is 0 Å². The molecular weight excluding hydrogens is 1860 g/mol. The summed E-state index contributed by atoms with van der Waals surface area (Å²) in [6.07, 6.45) is 37.7. The quantitative estimate of drug-likeness (QED) is 0.0319. The second-order valence-electron chi connectivity index (χ2n) is 36.9. The normalized spacial score (nSPS) is 13.1. The number of imidazole rings is 4. The highest BCUT2D eigenvalue weighted by molar-refractivity contribution is 7.14. The van der Waals surface area contributed by atoms with Gasteiger partial charge >= 0.3 is 0 Å². The summed E-state index contributed by atoms with van der Waals surface area (Å²) in [6.45, 7) is 14.7. The van der Waals surface area contributed by atoms with Crippen LogP contribution in [-0.4, -0.2) is 168 Å². The van der Waals surface area contributed by atoms with Crippen LogP contribution in [0, 0.1) is 5.41 Å². The molecule has 0 bridgehead atoms. The van der Waals surface area contributed by atoms with Crippen molar-refractivity contribution in [1.29, 1.82) is 0 Å². The van der Waals surface area contributed by atoms with Gasteiger partial charge < -0.3 is 30.6 Å². The molecule has 22 heterocycles. The number of carbonyl (C=O) groups is 2. The number of rotatable bonds is 21. The van der Waals surface area contributed by atoms with Gasteiger partial charge in [-0.15, -0.1) is 45.3 Å². The van der Waals surface area contributed by atoms with Gasteiger partial charge in [0.2, 0.25) is 11.8 Å². The third kappa shape index (κ3) is 19.4. The van der Waals surface area contributed by atoms with E-state index < -0.39 is 0 Å². The van der Waals surface area contributed by atoms with E-state index in [-0.39, 0.29) is 17.2 Å². The molecule has 30 nitrogen and oxygen atoms in total. The molecule has 706 valence electrons. The van der Waals surface area contributed by atoms with Crippen LogP contribution in [0.3, 0.4) is 0 Å². The molecule has 10 N–H and O–H groups in total. The number of likely N-dealkylation sites (tertiary alicyclic amines) is 2. The average molecular weight is 1960 g/mol. The number of piperidine rings is 1. The van der Waals surface area contributed by atoms with E-state index in [4.69, 9.17) is 19.9 Å². The molecule has 0 atom stereocenters. The summed E-state index contributed by atoms with van der Waals surface area (Å²) < 4.78 is 0. The Labute approximate surface area is 834 Å². The Bertz CT molecular complexity index is 8720. The zero-order valence-electron chi connectivity index (χ0n) is 78.3. The number of H-pyrrole nitrogens is 8. The summed E-state index contributed by atoms with van der Waals surface area (Å²) in [4.78, 5) is 103. The van der Waals surface area contributed by atoms with Crippen LogP contribution < -0.4 is 10.6 Å². The average Bonchev–Trinajstić information content (AvgIpc) is 1.63. The van der Waals surface area contributed by atoms with Crippen molar-refractivity contribution in [3.63, 3.8) is 0 Å². The molecule has 34 heteroatoms. The Morgan fingerprint density at radius 1 is 0.329 bits per heavy atom. The summed E-state index contributed by atoms with van der Waals surface area (Å²) in [6, 6.07) is 49.8. The monoisotopic (exact) mass is 1950 g/mol. The third-order valence-corrected chi connectivity index (χ3v) is 29.1. The fourth-order valence-corrected chi connectivity index (χ4v) is 21.6. The molecule has 0 unspecified atom stereocenters. The highest BCUT2D eigenvalue weighted by atomic mass is 32.1. The first-order valence-corrected chi connectivity index (χ1v) is 51.0. The Kier molecular flexibility index (Phi) is 25.1. The fraction of sp³-hybridized carbons (Fsp3) is 0.174. The van der Waals surface area contributed by atoms with E-state index in [0.29, 0.717) is 35.9 Å². The number of hydrogen-bond donors (Lipinski definition) is 10. The molecule has 0 spiro atoms. The Morgan fingerprint density at radius 3 is 0.937 bits per heavy atom. The highest BCUT2D eigenvalue weighted by Gasteiger charge is 2.26. The van der Waals surface area contributed by atoms with Crippen molar-refractivity contribution in [1.82, 2.24) is 130 Å². The maximum Gasteiger partial charge on any atom is 0.224 e. The minimum absolute atomic E-state index is 0.0136. The van der Waals surface area contributed by atoms with Crippen molar-refractivity contribution >= 4 is 156 Å². The van der Waals surface area contributed by atoms with Crippen molar-refractivity contribution in [3.8, 4) is 132 Å². The summed E-state index contributed by atoms with van der Waals surface area (Å²) in [5.41, 5.74) is 29.9. The van der Waals surface area contributed by atoms with E-state index in [1.165, 1.54) is 69.4 Å². The molecular formula is C109H94N28O2S4. The van der Waals surface area contributed by atoms with E-state index in [2.05, 4.69) is 217 Å². The first-order valence-electron chi connectivity index (χ1n) is 47.5. The molecule has 2 fully saturated rings. The first-order chi connectivity index (χ1) is 70.2. The van der Waals surface area contributed by atoms with Crippen LogP contribution in [0.25, 0.3) is 220 Å². The van der Waals surface area contributed by atoms with Gasteiger partial charge in [-0.3, -0.25) is 79.7 Å². The Balaban J connectivity index is 0.000000106. The topological polar surface area (TPSA) is 397 Å². The molecule has 0 aliphatic carbocycles. The summed E-state index contributed by atoms with van der Waals surface area (Å²) in [5, 5.41) is 49.0. The highest BCUT2D eigenvalue weighted by Crippen LogP contribution is 2.42. The number of nitrogens with zero attached hydrogens (tertiary/aromatic N) is 18. The lowest BCUT2D eigenvalue weighted by Gasteiger charge is -2.26. The predicted molar refractivity (Wildman–Crippen MR) is 572 cm³/mol. The third-order valence-electron chi connectivity index (χ3n) is 25.5. The zero-order chi connectivity index (χ0) is 96.4. The lowest BCUT2D eigenvalue weighted by atomic mass is 9.92. The predicted octanol–water partition coefficient (Wildman–Crippen LogP) is 24.9. The van der Waals surface area contributed by atoms with Gasteiger partial charge in [-0.2, -0.15) is 20.4 Å². The standard InChI is InChI=1S/C28H25N7OS.C28H25N7S.C27H23N7S.C26H21N7OS/c1-28(2,3)11-24(36)31-18-9-17(12-29-13-18)16-6-7-21-19(10-16)26(35-34-21)27-32-22-15-30-14-20(25(22)33-27)23-5-4-8-37-23;1-2-8-35(9-3-1)17-18-11-20(14-29-13-18)19-6-7-23-21(12-19)27(34-33-23)28-31-24-16-30-15-22(26(24)32-28)25-5-4-10-36-25;1-2-8-34(7-1)16-17-10-19(13-28-12-17)18-5-6-22-20(11-18)26(33-32-22)27-30-23-15-29-14-21(25(23)31-27)24-4-3-9-35-24;1-2-4-23(34)29-17-9-16(11-27-12-17)15-6-7-20-18(10-15)25(33-32-20)26-30-21-14-28-13-19(24(21)31-26)22-5-3-8-35-22/h4-10,12-15H,11H2,1-3H3,(H,31,36)(H,32,33)(H,34,35);4-7,10-16H,1-3,8-9,17H2,(H,31,32)(H,33,34);3-6,9-15H,1-2,7-8,16H2,(H,30,31)(H,32,33);3,5-14H,2,4H2,1H3,(H,29,34)(H,30,31)(H,32,33). The van der Waals surface area contributed by atoms with Gasteiger partial charge in [0, 0.05) is 173 Å². The SMILES string of the molecule is CC(C)(C)CC(=O)Nc1cncc(-c2ccc3[nH]nc(-c4nc5c(-c6cccs6)cncc5[nH]4)c3c2)c1.CCCC(=O)Nc1cncc(-c2ccc3[nH]nc(-c4nc5c(-c6cccs6)cncc5[nH]4)c3c2)c1.c1csc(-c2cncc3[nH]c(-c4n[nH]c5ccc(-c6cncc(CN7CCCC7)c6)cc45)nc23)c1.c1csc(-c2cncc3[nH]c(-c4n[nH]c5ccc(-c6cncc(CN7CCCCC7)c6)cc45)nc23)c1. The van der Waals surface area contributed by atoms with Crippen molar-refractivity contribution in [2.45, 2.75) is 92.2 Å². The van der Waals surface area contributed by atoms with Gasteiger partial charge in [-0.05, 0) is 216 Å². The van der Waals surface area contributed by atoms with Crippen LogP contribution >= 0.6 is 45.3 Å². The second-order valence-corrected chi connectivity index (χ2v) is 40.7. The van der Waals surface area contributed by atoms with Gasteiger partial charge in [0.15, 0.2) is 23.3 Å². The van der Waals surface area contributed by atoms with Gasteiger partial charge in [-0.25, -0.2) is 19.9 Å². The lowest BCUT2D eigenvalue weighted by molar-refractivity contribution is -0.118. The molecule has 20 aromatic heterocycles. The number of aromatic nitrogens is 24. The van der Waals surface area contributed by atoms with Crippen molar-refractivity contribution in [2.24, 2.45) is 5.41 Å². The first kappa shape index (κ1) is 90.3. The maximum atomic E-state index is 12.4. The number of thiophene rings is 4. The van der Waals surface area contributed by atoms with E-state index in [9.17, 15) is 9.59 Å². The van der Waals surface area contributed by atoms with Crippen molar-refractivity contribution < 1.29 is 9.59 Å². The molecule has 2 aliphatic heterocycles. The minimum atomic E-state index is -0.0882. The summed E-state index contributed by atoms with van der Waals surface area (Å²) in [7, 11) is 0. The zero-order valence-corrected chi connectivity index (χ0v) is 81.6. The number of hydrogen-bond acceptors (Lipinski definition) is 24. The molecule has 2 aliphatic rings. The van der Waals surface area contributed by atoms with Gasteiger partial charge in [0.05, 0.1) is 92.7 Å². The molecule has 4 aromatic carbocycles. The summed E-state index contributed by atoms with van der Waals surface area (Å²) in [5.74, 6) is 2.77. The molecule has 143 heavy (non-hydrogen) atoms. The largest absolute Gasteiger partial charge is 0.335 e. The molecule has 2 saturated heterocycles. The van der Waals surface area contributed by atoms with Gasteiger partial charge in [0.1, 0.15) is 44.8 Å². The number of fused-ring (bicyclic) bond motifs is 8. The van der Waals surface area contributed by atoms with Gasteiger partial charge in [-0.1, -0.05) is 82.6 Å². The Hall–Kier alpha value is -16.5. The second kappa shape index (κ2) is 39.6. The number of carbonyl (C=O) groups excluding carboxylic acids is 2. The van der Waals surface area contributed by atoms with Crippen molar-refractivity contribution in [2.75, 3.05) is 36.8 Å². The number of pyridine rings is 8. The van der Waals surface area contributed by atoms with Crippen LogP contribution in [0.15, 0.2) is 266 Å². The fourth-order valence-electron chi connectivity index (χ4n) is 18.6. The van der Waals surface area contributed by atoms with Crippen LogP contribution in [0.1, 0.15) is 90.2 Å². The van der Waals surface area contributed by atoms with Crippen LogP contribution in [0.4, 0.5) is 11.4 Å². The molecule has 0 saturated carbocycles. The van der Waals surface area contributed by atoms with Crippen molar-refractivity contribution in [3.05, 3.63) is 277 Å². The number of anilines is 2. The molecule has 0 radical (unpaired) electrons. The van der Waals surface area contributed by atoms with E-state index in [0.717, 1.165) is 228 Å². The molecule has 26 rings (SSSR count). The number of aromatic amines is 8. The van der Waals surface area contributed by atoms with Crippen LogP contribution in [-0.2, 0) is 22.7 Å². The van der Waals surface area contributed by atoms with Crippen LogP contribution in [0.5, 0.6) is 0 Å². The molecule has 24 aromatic rings. The van der Waals surface area contributed by atoms with E-state index in [1.807, 2.05) is 161 Å². The summed E-state index contributed by atoms with van der Waals surface area (Å²) >= 11 is 6.69. The number of nitrogens with one attached hydrogen (secondary N) is 10. The number of amides is 2. The maximum absolute atomic E-state index is 12.4. The van der Waals surface area contributed by atoms with E-state index in [1.54, 1.807) is 82.5 Å².